The van der Waals surface area contributed by atoms with Gasteiger partial charge in [0.1, 0.15) is 0 Å². The molecule has 1 aliphatic heterocycles. The van der Waals surface area contributed by atoms with Crippen LogP contribution in [0.15, 0.2) is 9.67 Å². The van der Waals surface area contributed by atoms with Crippen molar-refractivity contribution < 1.29 is 9.90 Å². The summed E-state index contributed by atoms with van der Waals surface area (Å²) >= 11 is -1.96. The van der Waals surface area contributed by atoms with Gasteiger partial charge in [-0.1, -0.05) is 0 Å². The summed E-state index contributed by atoms with van der Waals surface area (Å²) in [6.07, 6.45) is 2.79. The molecule has 1 saturated heterocycles. The maximum absolute atomic E-state index is 10.9. The topological polar surface area (TPSA) is 40.5 Å². The van der Waals surface area contributed by atoms with E-state index in [2.05, 4.69) is 20.9 Å². The quantitative estimate of drug-likeness (QED) is 0.755. The zero-order valence-electron chi connectivity index (χ0n) is 9.66. The number of nitrogens with zero attached hydrogens (tertiary/aromatic N) is 1. The van der Waals surface area contributed by atoms with Crippen LogP contribution in [-0.4, -0.2) is 47.6 Å². The van der Waals surface area contributed by atoms with Crippen LogP contribution in [0, 0.1) is 11.8 Å². The van der Waals surface area contributed by atoms with Gasteiger partial charge in [-0.25, -0.2) is 0 Å². The number of amides is 1. The summed E-state index contributed by atoms with van der Waals surface area (Å²) in [4.78, 5) is 19.8. The third-order valence-electron chi connectivity index (χ3n) is 3.62. The van der Waals surface area contributed by atoms with Crippen molar-refractivity contribution in [2.24, 2.45) is 11.8 Å². The van der Waals surface area contributed by atoms with Crippen molar-refractivity contribution >= 4 is 24.5 Å². The van der Waals surface area contributed by atoms with Crippen LogP contribution in [0.3, 0.4) is 0 Å². The molecule has 0 aromatic rings. The molecule has 4 heteroatoms. The number of hydrogen-bond donors (Lipinski definition) is 1. The fraction of sp³-hybridized carbons (Fsp3) is 0.727. The SMILES string of the molecule is [CH3][Sn]([CH3])([CH3])[C]1=CC[C@H]2CN(C(=O)O)C[C@@H]12. The molecule has 1 amide bonds. The molecule has 1 N–H and O–H groups in total. The Balaban J connectivity index is 2.13. The molecule has 1 heterocycles. The number of carboxylic acid groups (broad SMARTS) is 1. The fourth-order valence-corrected chi connectivity index (χ4v) is 9.10. The van der Waals surface area contributed by atoms with Gasteiger partial charge >= 0.3 is 95.1 Å². The van der Waals surface area contributed by atoms with Crippen molar-refractivity contribution in [1.29, 1.82) is 0 Å². The van der Waals surface area contributed by atoms with Crippen LogP contribution in [0.2, 0.25) is 14.8 Å². The molecule has 3 nitrogen and oxygen atoms in total. The van der Waals surface area contributed by atoms with E-state index in [0.717, 1.165) is 19.5 Å². The molecule has 1 aliphatic carbocycles. The van der Waals surface area contributed by atoms with Gasteiger partial charge in [0.25, 0.3) is 0 Å². The van der Waals surface area contributed by atoms with Crippen LogP contribution in [0.25, 0.3) is 0 Å². The molecule has 1 fully saturated rings. The van der Waals surface area contributed by atoms with E-state index in [1.165, 1.54) is 0 Å². The molecule has 0 aromatic heterocycles. The summed E-state index contributed by atoms with van der Waals surface area (Å²) in [5.41, 5.74) is 0. The predicted octanol–water partition coefficient (Wildman–Crippen LogP) is 2.42. The van der Waals surface area contributed by atoms with E-state index in [9.17, 15) is 4.79 Å². The van der Waals surface area contributed by atoms with E-state index < -0.39 is 24.5 Å². The minimum absolute atomic E-state index is 0.567. The van der Waals surface area contributed by atoms with E-state index in [-0.39, 0.29) is 0 Å². The molecule has 84 valence electrons. The third kappa shape index (κ3) is 2.03. The Morgan fingerprint density at radius 3 is 2.67 bits per heavy atom. The first kappa shape index (κ1) is 11.3. The van der Waals surface area contributed by atoms with Gasteiger partial charge in [0.05, 0.1) is 0 Å². The van der Waals surface area contributed by atoms with Gasteiger partial charge in [-0.15, -0.1) is 0 Å². The Labute approximate surface area is 95.0 Å². The third-order valence-corrected chi connectivity index (χ3v) is 10.2. The monoisotopic (exact) mass is 317 g/mol. The van der Waals surface area contributed by atoms with Crippen molar-refractivity contribution in [3.63, 3.8) is 0 Å². The van der Waals surface area contributed by atoms with E-state index >= 15 is 0 Å². The van der Waals surface area contributed by atoms with E-state index in [1.807, 2.05) is 0 Å². The van der Waals surface area contributed by atoms with Gasteiger partial charge in [0.2, 0.25) is 0 Å². The zero-order chi connectivity index (χ0) is 11.2. The summed E-state index contributed by atoms with van der Waals surface area (Å²) in [7, 11) is 0. The summed E-state index contributed by atoms with van der Waals surface area (Å²) in [5, 5.41) is 8.98. The first-order valence-corrected chi connectivity index (χ1v) is 15.6. The molecular formula is C11H19NO2Sn. The Kier molecular flexibility index (Phi) is 2.77. The van der Waals surface area contributed by atoms with Crippen molar-refractivity contribution in [3.05, 3.63) is 9.67 Å². The molecule has 0 aromatic carbocycles. The average molecular weight is 316 g/mol. The summed E-state index contributed by atoms with van der Waals surface area (Å²) in [6, 6.07) is 0. The Bertz CT molecular complexity index is 319. The number of likely N-dealkylation sites (tertiary alicyclic amines) is 1. The van der Waals surface area contributed by atoms with Gasteiger partial charge in [-0.05, 0) is 0 Å². The Morgan fingerprint density at radius 1 is 1.47 bits per heavy atom. The van der Waals surface area contributed by atoms with Crippen LogP contribution in [0.4, 0.5) is 4.79 Å². The van der Waals surface area contributed by atoms with E-state index in [4.69, 9.17) is 5.11 Å². The Hall–Kier alpha value is -0.191. The van der Waals surface area contributed by atoms with Gasteiger partial charge in [-0.3, -0.25) is 0 Å². The second-order valence-corrected chi connectivity index (χ2v) is 20.2. The molecule has 0 radical (unpaired) electrons. The molecule has 0 spiro atoms. The zero-order valence-corrected chi connectivity index (χ0v) is 12.5. The number of hydrogen-bond acceptors (Lipinski definition) is 1. The van der Waals surface area contributed by atoms with Crippen LogP contribution in [-0.2, 0) is 0 Å². The van der Waals surface area contributed by atoms with Crippen LogP contribution in [0.5, 0.6) is 0 Å². The maximum atomic E-state index is 10.9. The van der Waals surface area contributed by atoms with Crippen molar-refractivity contribution in [1.82, 2.24) is 4.90 Å². The summed E-state index contributed by atoms with van der Waals surface area (Å²) in [6.45, 7) is 1.50. The van der Waals surface area contributed by atoms with Gasteiger partial charge < -0.3 is 0 Å². The molecule has 2 atom stereocenters. The molecule has 2 rings (SSSR count). The fourth-order valence-electron chi connectivity index (χ4n) is 2.91. The standard InChI is InChI=1S/C8H10NO2.3CH3.Sn/c10-8(11)9-4-6-2-1-3-7(6)5-9;;;;/h1,6-7H,2,4-5H2,(H,10,11);3*1H3;/t6-,7+;;;;/m0..../s1. The molecule has 0 unspecified atom stereocenters. The molecule has 0 saturated carbocycles. The molecular weight excluding hydrogens is 297 g/mol. The predicted molar refractivity (Wildman–Crippen MR) is 62.6 cm³/mol. The second-order valence-electron chi connectivity index (χ2n) is 5.70. The van der Waals surface area contributed by atoms with Crippen LogP contribution >= 0.6 is 0 Å². The van der Waals surface area contributed by atoms with Crippen LogP contribution < -0.4 is 0 Å². The number of carbonyl (C=O) groups is 1. The average Bonchev–Trinajstić information content (AvgIpc) is 2.56. The van der Waals surface area contributed by atoms with Gasteiger partial charge in [0.15, 0.2) is 0 Å². The molecule has 15 heavy (non-hydrogen) atoms. The van der Waals surface area contributed by atoms with Crippen molar-refractivity contribution in [3.8, 4) is 0 Å². The van der Waals surface area contributed by atoms with Crippen molar-refractivity contribution in [2.75, 3.05) is 13.1 Å². The van der Waals surface area contributed by atoms with E-state index in [0.29, 0.717) is 11.8 Å². The number of rotatable bonds is 1. The minimum atomic E-state index is -1.96. The van der Waals surface area contributed by atoms with E-state index in [1.54, 1.807) is 8.49 Å². The number of fused-ring (bicyclic) bond motifs is 1. The number of allylic oxidation sites excluding steroid dienone is 1. The normalized spacial score (nSPS) is 30.3. The Morgan fingerprint density at radius 2 is 2.13 bits per heavy atom. The van der Waals surface area contributed by atoms with Crippen LogP contribution in [0.1, 0.15) is 6.42 Å². The van der Waals surface area contributed by atoms with Crippen molar-refractivity contribution in [2.45, 2.75) is 21.2 Å². The second kappa shape index (κ2) is 3.68. The summed E-state index contributed by atoms with van der Waals surface area (Å²) < 4.78 is 1.66. The van der Waals surface area contributed by atoms with Gasteiger partial charge in [0, 0.05) is 0 Å². The molecule has 2 aliphatic rings. The molecule has 0 bridgehead atoms. The summed E-state index contributed by atoms with van der Waals surface area (Å²) in [5.74, 6) is 1.16. The first-order valence-electron chi connectivity index (χ1n) is 5.58. The van der Waals surface area contributed by atoms with Gasteiger partial charge in [-0.2, -0.15) is 0 Å². The first-order chi connectivity index (χ1) is 6.89.